The first kappa shape index (κ1) is 34.0. The molecule has 2 aromatic rings. The number of carbonyl (C=O) groups is 3. The van der Waals surface area contributed by atoms with Gasteiger partial charge in [0, 0.05) is 48.5 Å². The Morgan fingerprint density at radius 1 is 0.958 bits per heavy atom. The van der Waals surface area contributed by atoms with Crippen LogP contribution >= 0.6 is 23.2 Å². The molecule has 3 amide bonds. The van der Waals surface area contributed by atoms with Crippen LogP contribution in [-0.2, 0) is 14.3 Å². The normalized spacial score (nSPS) is 22.4. The minimum Gasteiger partial charge on any atom is -0.444 e. The highest BCUT2D eigenvalue weighted by molar-refractivity contribution is 6.31. The van der Waals surface area contributed by atoms with E-state index in [1.54, 1.807) is 22.2 Å². The lowest BCUT2D eigenvalue weighted by Crippen LogP contribution is -2.60. The summed E-state index contributed by atoms with van der Waals surface area (Å²) in [6, 6.07) is 13.1. The topological polar surface area (TPSA) is 109 Å². The molecule has 1 saturated heterocycles. The number of hydrogen-bond acceptors (Lipinski definition) is 8. The summed E-state index contributed by atoms with van der Waals surface area (Å²) in [7, 11) is 0. The summed E-state index contributed by atoms with van der Waals surface area (Å²) in [5.74, 6) is -0.157. The highest BCUT2D eigenvalue weighted by atomic mass is 35.5. The lowest BCUT2D eigenvalue weighted by molar-refractivity contribution is -0.129. The van der Waals surface area contributed by atoms with E-state index in [4.69, 9.17) is 27.9 Å². The monoisotopic (exact) mass is 695 g/mol. The van der Waals surface area contributed by atoms with Gasteiger partial charge in [-0.2, -0.15) is 0 Å². The number of anilines is 2. The first-order valence-electron chi connectivity index (χ1n) is 16.6. The van der Waals surface area contributed by atoms with Gasteiger partial charge in [-0.15, -0.1) is 5.53 Å². The lowest BCUT2D eigenvalue weighted by atomic mass is 9.93. The Hall–Kier alpha value is -3.93. The van der Waals surface area contributed by atoms with Crippen molar-refractivity contribution in [2.75, 3.05) is 42.6 Å². The number of benzene rings is 2. The predicted octanol–water partition coefficient (Wildman–Crippen LogP) is 5.68. The summed E-state index contributed by atoms with van der Waals surface area (Å²) in [6.45, 7) is 7.75. The van der Waals surface area contributed by atoms with Gasteiger partial charge in [-0.05, 0) is 81.5 Å². The number of halogens is 2. The standard InChI is InChI=1S/C35H43Cl2N7O4/c1-35(2,3)48-34(47)41-16-17-42-26-9-7-8-24(18-26)28(10-5-4-6-14-38-33(46)30(42)21-41)43-15-13-23(19-32(43)45)27-20-25(36)11-12-29(27)44-22-31(37)39-40-44/h7-9,11-12,18-20,22,28,30,39-40H,4-6,10,13-17,21H2,1-3H3,(H,38,46)/t28-,30+/m0/s1. The van der Waals surface area contributed by atoms with Crippen LogP contribution in [0.4, 0.5) is 16.2 Å². The third-order valence-corrected chi connectivity index (χ3v) is 9.48. The van der Waals surface area contributed by atoms with E-state index in [9.17, 15) is 14.4 Å². The van der Waals surface area contributed by atoms with Crippen molar-refractivity contribution in [3.63, 3.8) is 0 Å². The number of nitrogens with zero attached hydrogens (tertiary/aromatic N) is 4. The Balaban J connectivity index is 1.27. The summed E-state index contributed by atoms with van der Waals surface area (Å²) in [4.78, 5) is 46.1. The molecule has 13 heteroatoms. The van der Waals surface area contributed by atoms with Gasteiger partial charge in [-0.25, -0.2) is 4.79 Å². The summed E-state index contributed by atoms with van der Waals surface area (Å²) in [6.07, 6.45) is 7.15. The molecule has 0 unspecified atom stereocenters. The second kappa shape index (κ2) is 14.3. The van der Waals surface area contributed by atoms with Gasteiger partial charge in [0.25, 0.3) is 0 Å². The van der Waals surface area contributed by atoms with Crippen molar-refractivity contribution in [3.8, 4) is 0 Å². The molecule has 6 rings (SSSR count). The summed E-state index contributed by atoms with van der Waals surface area (Å²) in [5.41, 5.74) is 9.76. The van der Waals surface area contributed by atoms with Crippen molar-refractivity contribution >= 4 is 58.1 Å². The molecule has 0 spiro atoms. The second-order valence-corrected chi connectivity index (χ2v) is 14.4. The zero-order chi connectivity index (χ0) is 34.0. The molecular weight excluding hydrogens is 653 g/mol. The third-order valence-electron chi connectivity index (χ3n) is 9.06. The van der Waals surface area contributed by atoms with Crippen molar-refractivity contribution in [2.45, 2.75) is 70.6 Å². The maximum Gasteiger partial charge on any atom is 0.410 e. The molecule has 2 aromatic carbocycles. The summed E-state index contributed by atoms with van der Waals surface area (Å²) < 4.78 is 5.63. The molecule has 4 aliphatic heterocycles. The molecule has 48 heavy (non-hydrogen) atoms. The largest absolute Gasteiger partial charge is 0.444 e. The number of carbonyl (C=O) groups excluding carboxylic acids is 3. The van der Waals surface area contributed by atoms with Crippen molar-refractivity contribution in [1.29, 1.82) is 0 Å². The number of nitrogens with one attached hydrogen (secondary N) is 3. The van der Waals surface area contributed by atoms with Gasteiger partial charge in [0.15, 0.2) is 0 Å². The van der Waals surface area contributed by atoms with Crippen LogP contribution in [0.5, 0.6) is 0 Å². The molecular formula is C35H43Cl2N7O4. The van der Waals surface area contributed by atoms with Crippen LogP contribution in [0, 0.1) is 0 Å². The van der Waals surface area contributed by atoms with Gasteiger partial charge >= 0.3 is 6.09 Å². The average molecular weight is 697 g/mol. The fourth-order valence-electron chi connectivity index (χ4n) is 6.76. The number of fused-ring (bicyclic) bond motifs is 4. The Morgan fingerprint density at radius 2 is 1.79 bits per heavy atom. The van der Waals surface area contributed by atoms with Crippen molar-refractivity contribution in [3.05, 3.63) is 76.0 Å². The SMILES string of the molecule is CC(C)(C)OC(=O)N1CCN2c3cccc(c3)[C@@H](N3CCC(c4cc(Cl)ccc4N4C=C(Cl)NN4)=CC3=O)CCCCCNC(=O)[C@H]2C1. The molecule has 4 aliphatic rings. The molecule has 0 saturated carbocycles. The first-order valence-corrected chi connectivity index (χ1v) is 17.3. The summed E-state index contributed by atoms with van der Waals surface area (Å²) >= 11 is 12.6. The minimum absolute atomic E-state index is 0.0522. The van der Waals surface area contributed by atoms with E-state index in [-0.39, 0.29) is 24.4 Å². The molecule has 0 aromatic heterocycles. The van der Waals surface area contributed by atoms with Crippen LogP contribution in [0.2, 0.25) is 5.02 Å². The van der Waals surface area contributed by atoms with Crippen LogP contribution in [-0.4, -0.2) is 72.1 Å². The highest BCUT2D eigenvalue weighted by Crippen LogP contribution is 2.38. The van der Waals surface area contributed by atoms with Crippen LogP contribution in [0.15, 0.2) is 59.9 Å². The van der Waals surface area contributed by atoms with Gasteiger partial charge in [0.2, 0.25) is 11.8 Å². The fourth-order valence-corrected chi connectivity index (χ4v) is 7.08. The van der Waals surface area contributed by atoms with Gasteiger partial charge in [0.1, 0.15) is 16.8 Å². The van der Waals surface area contributed by atoms with Crippen molar-refractivity contribution in [2.24, 2.45) is 0 Å². The fraction of sp³-hybridized carbons (Fsp3) is 0.457. The van der Waals surface area contributed by atoms with Crippen molar-refractivity contribution in [1.82, 2.24) is 26.1 Å². The first-order chi connectivity index (χ1) is 23.0. The maximum atomic E-state index is 14.0. The van der Waals surface area contributed by atoms with E-state index in [2.05, 4.69) is 33.3 Å². The predicted molar refractivity (Wildman–Crippen MR) is 188 cm³/mol. The molecule has 2 atom stereocenters. The molecule has 3 N–H and O–H groups in total. The van der Waals surface area contributed by atoms with Gasteiger partial charge in [0.05, 0.1) is 24.5 Å². The van der Waals surface area contributed by atoms with E-state index < -0.39 is 17.7 Å². The van der Waals surface area contributed by atoms with Crippen LogP contribution in [0.25, 0.3) is 5.57 Å². The molecule has 1 fully saturated rings. The van der Waals surface area contributed by atoms with Crippen LogP contribution < -0.4 is 26.2 Å². The second-order valence-electron chi connectivity index (χ2n) is 13.6. The molecule has 4 heterocycles. The molecule has 11 nitrogen and oxygen atoms in total. The van der Waals surface area contributed by atoms with Crippen molar-refractivity contribution < 1.29 is 19.1 Å². The maximum absolute atomic E-state index is 14.0. The van der Waals surface area contributed by atoms with E-state index in [1.165, 1.54) is 0 Å². The zero-order valence-corrected chi connectivity index (χ0v) is 29.1. The summed E-state index contributed by atoms with van der Waals surface area (Å²) in [5, 5.41) is 5.91. The molecule has 256 valence electrons. The molecule has 0 radical (unpaired) electrons. The Morgan fingerprint density at radius 3 is 2.54 bits per heavy atom. The average Bonchev–Trinajstić information content (AvgIpc) is 3.49. The Labute approximate surface area is 291 Å². The van der Waals surface area contributed by atoms with Crippen LogP contribution in [0.3, 0.4) is 0 Å². The molecule has 0 aliphatic carbocycles. The van der Waals surface area contributed by atoms with Gasteiger partial charge in [-0.1, -0.05) is 48.2 Å². The van der Waals surface area contributed by atoms with E-state index in [1.807, 2.05) is 56.0 Å². The number of rotatable bonds is 3. The Bertz CT molecular complexity index is 1620. The van der Waals surface area contributed by atoms with E-state index in [0.29, 0.717) is 42.8 Å². The van der Waals surface area contributed by atoms with E-state index >= 15 is 0 Å². The minimum atomic E-state index is -0.628. The van der Waals surface area contributed by atoms with Crippen LogP contribution in [0.1, 0.15) is 70.0 Å². The third kappa shape index (κ3) is 7.69. The van der Waals surface area contributed by atoms with Gasteiger partial charge < -0.3 is 24.8 Å². The quantitative estimate of drug-likeness (QED) is 0.352. The zero-order valence-electron chi connectivity index (χ0n) is 27.6. The number of hydrogen-bond donors (Lipinski definition) is 3. The Kier molecular flexibility index (Phi) is 10.1. The molecule has 2 bridgehead atoms. The number of amides is 3. The number of piperazine rings is 1. The highest BCUT2D eigenvalue weighted by Gasteiger charge is 2.37. The smallest absolute Gasteiger partial charge is 0.410 e. The lowest BCUT2D eigenvalue weighted by Gasteiger charge is -2.42. The number of ether oxygens (including phenoxy) is 1. The number of hydrazine groups is 2. The van der Waals surface area contributed by atoms with E-state index in [0.717, 1.165) is 53.8 Å². The van der Waals surface area contributed by atoms with Gasteiger partial charge in [-0.3, -0.25) is 20.0 Å².